The minimum atomic E-state index is -3.76. The van der Waals surface area contributed by atoms with Crippen LogP contribution in [0, 0.1) is 0 Å². The van der Waals surface area contributed by atoms with Crippen molar-refractivity contribution in [3.8, 4) is 17.0 Å². The van der Waals surface area contributed by atoms with Gasteiger partial charge in [0.15, 0.2) is 5.13 Å². The average Bonchev–Trinajstić information content (AvgIpc) is 3.28. The number of carbonyl (C=O) groups is 1. The van der Waals surface area contributed by atoms with E-state index in [0.29, 0.717) is 22.1 Å². The van der Waals surface area contributed by atoms with Crippen LogP contribution in [0.1, 0.15) is 10.4 Å². The standard InChI is InChI=1S/C23H18BrN3O4S2/c1-31-19-10-12-20(13-11-19)33(29,30)27-18-8-4-16(5-9-18)22(28)26-23-25-21(14-32-23)15-2-6-17(24)7-3-15/h2-14,27H,1H3,(H,25,26,28). The maximum atomic E-state index is 12.6. The lowest BCUT2D eigenvalue weighted by atomic mass is 10.2. The number of methoxy groups -OCH3 is 1. The van der Waals surface area contributed by atoms with Gasteiger partial charge in [0.1, 0.15) is 5.75 Å². The van der Waals surface area contributed by atoms with Crippen molar-refractivity contribution in [3.05, 3.63) is 88.2 Å². The number of hydrogen-bond acceptors (Lipinski definition) is 6. The smallest absolute Gasteiger partial charge is 0.261 e. The van der Waals surface area contributed by atoms with Crippen molar-refractivity contribution in [1.29, 1.82) is 0 Å². The van der Waals surface area contributed by atoms with Crippen LogP contribution in [-0.2, 0) is 10.0 Å². The van der Waals surface area contributed by atoms with Crippen LogP contribution < -0.4 is 14.8 Å². The van der Waals surface area contributed by atoms with Gasteiger partial charge in [-0.3, -0.25) is 14.8 Å². The quantitative estimate of drug-likeness (QED) is 0.314. The molecule has 4 rings (SSSR count). The number of rotatable bonds is 7. The minimum absolute atomic E-state index is 0.107. The van der Waals surface area contributed by atoms with E-state index in [2.05, 4.69) is 31.0 Å². The lowest BCUT2D eigenvalue weighted by Crippen LogP contribution is -2.14. The highest BCUT2D eigenvalue weighted by atomic mass is 79.9. The van der Waals surface area contributed by atoms with E-state index in [1.807, 2.05) is 29.6 Å². The number of sulfonamides is 1. The topological polar surface area (TPSA) is 97.4 Å². The van der Waals surface area contributed by atoms with E-state index in [4.69, 9.17) is 4.74 Å². The summed E-state index contributed by atoms with van der Waals surface area (Å²) in [4.78, 5) is 17.1. The SMILES string of the molecule is COc1ccc(S(=O)(=O)Nc2ccc(C(=O)Nc3nc(-c4ccc(Br)cc4)cs3)cc2)cc1. The number of thiazole rings is 1. The Morgan fingerprint density at radius 3 is 2.27 bits per heavy atom. The van der Waals surface area contributed by atoms with Gasteiger partial charge in [0.25, 0.3) is 15.9 Å². The molecule has 0 saturated carbocycles. The highest BCUT2D eigenvalue weighted by Crippen LogP contribution is 2.26. The highest BCUT2D eigenvalue weighted by Gasteiger charge is 2.15. The highest BCUT2D eigenvalue weighted by molar-refractivity contribution is 9.10. The minimum Gasteiger partial charge on any atom is -0.497 e. The summed E-state index contributed by atoms with van der Waals surface area (Å²) in [6, 6.07) is 20.0. The first-order valence-electron chi connectivity index (χ1n) is 9.64. The summed E-state index contributed by atoms with van der Waals surface area (Å²) < 4.78 is 33.6. The van der Waals surface area contributed by atoms with Gasteiger partial charge in [-0.2, -0.15) is 0 Å². The largest absolute Gasteiger partial charge is 0.497 e. The van der Waals surface area contributed by atoms with E-state index in [1.165, 1.54) is 42.7 Å². The molecule has 0 radical (unpaired) electrons. The molecule has 2 N–H and O–H groups in total. The number of carbonyl (C=O) groups excluding carboxylic acids is 1. The Morgan fingerprint density at radius 1 is 0.970 bits per heavy atom. The third-order valence-corrected chi connectivity index (χ3v) is 7.32. The van der Waals surface area contributed by atoms with Gasteiger partial charge in [-0.15, -0.1) is 11.3 Å². The van der Waals surface area contributed by atoms with Crippen molar-refractivity contribution < 1.29 is 17.9 Å². The Kier molecular flexibility index (Phi) is 6.77. The van der Waals surface area contributed by atoms with Gasteiger partial charge >= 0.3 is 0 Å². The van der Waals surface area contributed by atoms with Crippen LogP contribution in [0.3, 0.4) is 0 Å². The fourth-order valence-corrected chi connectivity index (χ4v) is 4.95. The molecule has 1 amide bonds. The number of halogens is 1. The van der Waals surface area contributed by atoms with E-state index < -0.39 is 10.0 Å². The van der Waals surface area contributed by atoms with Gasteiger partial charge in [0.05, 0.1) is 17.7 Å². The van der Waals surface area contributed by atoms with Crippen molar-refractivity contribution in [2.45, 2.75) is 4.90 Å². The summed E-state index contributed by atoms with van der Waals surface area (Å²) in [6.45, 7) is 0. The lowest BCUT2D eigenvalue weighted by molar-refractivity contribution is 0.102. The summed E-state index contributed by atoms with van der Waals surface area (Å²) in [7, 11) is -2.25. The number of nitrogens with one attached hydrogen (secondary N) is 2. The third kappa shape index (κ3) is 5.59. The predicted molar refractivity (Wildman–Crippen MR) is 133 cm³/mol. The lowest BCUT2D eigenvalue weighted by Gasteiger charge is -2.09. The molecule has 0 aliphatic heterocycles. The van der Waals surface area contributed by atoms with E-state index in [-0.39, 0.29) is 10.8 Å². The monoisotopic (exact) mass is 543 g/mol. The Balaban J connectivity index is 1.41. The molecule has 4 aromatic rings. The van der Waals surface area contributed by atoms with Crippen LogP contribution in [0.4, 0.5) is 10.8 Å². The summed E-state index contributed by atoms with van der Waals surface area (Å²) in [6.07, 6.45) is 0. The van der Waals surface area contributed by atoms with Gasteiger partial charge in [0, 0.05) is 26.7 Å². The Labute approximate surface area is 203 Å². The first kappa shape index (κ1) is 23.0. The molecule has 0 aliphatic carbocycles. The summed E-state index contributed by atoms with van der Waals surface area (Å²) in [5, 5.41) is 5.12. The molecule has 3 aromatic carbocycles. The van der Waals surface area contributed by atoms with Gasteiger partial charge in [-0.25, -0.2) is 13.4 Å². The first-order chi connectivity index (χ1) is 15.8. The first-order valence-corrected chi connectivity index (χ1v) is 12.8. The zero-order valence-electron chi connectivity index (χ0n) is 17.3. The average molecular weight is 544 g/mol. The van der Waals surface area contributed by atoms with Gasteiger partial charge < -0.3 is 4.74 Å². The van der Waals surface area contributed by atoms with Crippen LogP contribution in [-0.4, -0.2) is 26.4 Å². The number of amides is 1. The number of hydrogen-bond donors (Lipinski definition) is 2. The second-order valence-electron chi connectivity index (χ2n) is 6.86. The van der Waals surface area contributed by atoms with Crippen LogP contribution in [0.5, 0.6) is 5.75 Å². The van der Waals surface area contributed by atoms with Crippen LogP contribution in [0.15, 0.2) is 87.5 Å². The number of benzene rings is 3. The normalized spacial score (nSPS) is 11.1. The summed E-state index contributed by atoms with van der Waals surface area (Å²) in [5.74, 6) is 0.227. The molecule has 0 atom stereocenters. The van der Waals surface area contributed by atoms with Crippen LogP contribution in [0.25, 0.3) is 11.3 Å². The van der Waals surface area contributed by atoms with Gasteiger partial charge in [-0.05, 0) is 60.7 Å². The maximum Gasteiger partial charge on any atom is 0.261 e. The molecule has 10 heteroatoms. The second kappa shape index (κ2) is 9.74. The second-order valence-corrected chi connectivity index (χ2v) is 10.3. The zero-order valence-corrected chi connectivity index (χ0v) is 20.5. The number of anilines is 2. The Bertz CT molecular complexity index is 1370. The Morgan fingerprint density at radius 2 is 1.64 bits per heavy atom. The number of ether oxygens (including phenoxy) is 1. The van der Waals surface area contributed by atoms with E-state index >= 15 is 0 Å². The van der Waals surface area contributed by atoms with Gasteiger partial charge in [0.2, 0.25) is 0 Å². The number of aromatic nitrogens is 1. The summed E-state index contributed by atoms with van der Waals surface area (Å²) in [5.41, 5.74) is 2.44. The van der Waals surface area contributed by atoms with Crippen molar-refractivity contribution >= 4 is 54.0 Å². The molecular weight excluding hydrogens is 526 g/mol. The fourth-order valence-electron chi connectivity index (χ4n) is 2.91. The van der Waals surface area contributed by atoms with Crippen molar-refractivity contribution in [2.24, 2.45) is 0 Å². The predicted octanol–water partition coefficient (Wildman–Crippen LogP) is 5.63. The molecule has 1 aromatic heterocycles. The van der Waals surface area contributed by atoms with Crippen molar-refractivity contribution in [1.82, 2.24) is 4.98 Å². The zero-order chi connectivity index (χ0) is 23.4. The molecule has 0 fully saturated rings. The summed E-state index contributed by atoms with van der Waals surface area (Å²) >= 11 is 4.73. The van der Waals surface area contributed by atoms with E-state index in [1.54, 1.807) is 24.3 Å². The third-order valence-electron chi connectivity index (χ3n) is 4.63. The Hall–Kier alpha value is -3.21. The van der Waals surface area contributed by atoms with Crippen LogP contribution in [0.2, 0.25) is 0 Å². The molecule has 0 spiro atoms. The molecular formula is C23H18BrN3O4S2. The molecule has 0 unspecified atom stereocenters. The number of nitrogens with zero attached hydrogens (tertiary/aromatic N) is 1. The molecule has 33 heavy (non-hydrogen) atoms. The maximum absolute atomic E-state index is 12.6. The van der Waals surface area contributed by atoms with Gasteiger partial charge in [-0.1, -0.05) is 28.1 Å². The van der Waals surface area contributed by atoms with E-state index in [9.17, 15) is 13.2 Å². The molecule has 7 nitrogen and oxygen atoms in total. The van der Waals surface area contributed by atoms with E-state index in [0.717, 1.165) is 15.7 Å². The van der Waals surface area contributed by atoms with Crippen molar-refractivity contribution in [3.63, 3.8) is 0 Å². The molecule has 1 heterocycles. The fraction of sp³-hybridized carbons (Fsp3) is 0.0435. The molecule has 0 bridgehead atoms. The molecule has 0 aliphatic rings. The molecule has 0 saturated heterocycles. The molecule has 168 valence electrons. The van der Waals surface area contributed by atoms with Crippen LogP contribution >= 0.6 is 27.3 Å². The van der Waals surface area contributed by atoms with Crippen molar-refractivity contribution in [2.75, 3.05) is 17.1 Å².